The van der Waals surface area contributed by atoms with E-state index in [0.717, 1.165) is 18.2 Å². The first kappa shape index (κ1) is 17.2. The standard InChI is InChI=1S/C17H29ClN2S/c1-17(2)9-7-15(8-10-17)20(3)11-5-4-6-16-19-14(12-18)13-21-16/h13,15H,4-12H2,1-3H3. The van der Waals surface area contributed by atoms with Crippen LogP contribution in [0.4, 0.5) is 0 Å². The molecule has 0 aliphatic heterocycles. The Bertz CT molecular complexity index is 420. The molecule has 120 valence electrons. The summed E-state index contributed by atoms with van der Waals surface area (Å²) >= 11 is 7.54. The van der Waals surface area contributed by atoms with E-state index in [-0.39, 0.29) is 0 Å². The molecule has 1 aliphatic rings. The molecule has 0 radical (unpaired) electrons. The lowest BCUT2D eigenvalue weighted by molar-refractivity contribution is 0.126. The van der Waals surface area contributed by atoms with Crippen LogP contribution in [0.25, 0.3) is 0 Å². The van der Waals surface area contributed by atoms with Crippen LogP contribution in [0.15, 0.2) is 5.38 Å². The van der Waals surface area contributed by atoms with Gasteiger partial charge in [0.1, 0.15) is 0 Å². The maximum atomic E-state index is 5.79. The van der Waals surface area contributed by atoms with Gasteiger partial charge in [-0.15, -0.1) is 22.9 Å². The highest BCUT2D eigenvalue weighted by molar-refractivity contribution is 7.09. The van der Waals surface area contributed by atoms with Crippen molar-refractivity contribution < 1.29 is 0 Å². The lowest BCUT2D eigenvalue weighted by Gasteiger charge is -2.38. The fraction of sp³-hybridized carbons (Fsp3) is 0.824. The molecule has 0 saturated heterocycles. The topological polar surface area (TPSA) is 16.1 Å². The third-order valence-electron chi connectivity index (χ3n) is 4.82. The summed E-state index contributed by atoms with van der Waals surface area (Å²) in [6.45, 7) is 6.04. The van der Waals surface area contributed by atoms with Gasteiger partial charge in [-0.3, -0.25) is 0 Å². The van der Waals surface area contributed by atoms with Gasteiger partial charge in [-0.25, -0.2) is 4.98 Å². The number of hydrogen-bond donors (Lipinski definition) is 0. The molecular weight excluding hydrogens is 300 g/mol. The normalized spacial score (nSPS) is 19.3. The monoisotopic (exact) mass is 328 g/mol. The van der Waals surface area contributed by atoms with Gasteiger partial charge in [0.05, 0.1) is 16.6 Å². The van der Waals surface area contributed by atoms with Crippen molar-refractivity contribution in [3.05, 3.63) is 16.1 Å². The predicted molar refractivity (Wildman–Crippen MR) is 93.3 cm³/mol. The maximum Gasteiger partial charge on any atom is 0.0928 e. The summed E-state index contributed by atoms with van der Waals surface area (Å²) in [5.74, 6) is 0.539. The Labute approximate surface area is 138 Å². The molecule has 0 atom stereocenters. The molecule has 21 heavy (non-hydrogen) atoms. The Hall–Kier alpha value is -0.120. The van der Waals surface area contributed by atoms with Gasteiger partial charge in [-0.2, -0.15) is 0 Å². The molecule has 0 N–H and O–H groups in total. The zero-order chi connectivity index (χ0) is 15.3. The maximum absolute atomic E-state index is 5.79. The Morgan fingerprint density at radius 1 is 1.33 bits per heavy atom. The second-order valence-electron chi connectivity index (χ2n) is 7.20. The van der Waals surface area contributed by atoms with Gasteiger partial charge in [-0.05, 0) is 64.0 Å². The third-order valence-corrected chi connectivity index (χ3v) is 6.05. The van der Waals surface area contributed by atoms with Gasteiger partial charge in [0.2, 0.25) is 0 Å². The minimum Gasteiger partial charge on any atom is -0.303 e. The van der Waals surface area contributed by atoms with Crippen molar-refractivity contribution in [2.75, 3.05) is 13.6 Å². The zero-order valence-electron chi connectivity index (χ0n) is 13.7. The molecule has 1 aliphatic carbocycles. The first-order valence-electron chi connectivity index (χ1n) is 8.20. The molecule has 0 unspecified atom stereocenters. The van der Waals surface area contributed by atoms with Crippen molar-refractivity contribution in [2.24, 2.45) is 5.41 Å². The molecule has 1 aromatic rings. The number of nitrogens with zero attached hydrogens (tertiary/aromatic N) is 2. The van der Waals surface area contributed by atoms with Gasteiger partial charge in [-0.1, -0.05) is 13.8 Å². The summed E-state index contributed by atoms with van der Waals surface area (Å²) in [6, 6.07) is 0.806. The molecule has 0 amide bonds. The second-order valence-corrected chi connectivity index (χ2v) is 8.41. The molecule has 2 rings (SSSR count). The number of aryl methyl sites for hydroxylation is 1. The Kier molecular flexibility index (Phi) is 6.51. The van der Waals surface area contributed by atoms with Crippen LogP contribution in [0.5, 0.6) is 0 Å². The van der Waals surface area contributed by atoms with E-state index in [1.54, 1.807) is 11.3 Å². The Morgan fingerprint density at radius 2 is 2.05 bits per heavy atom. The summed E-state index contributed by atoms with van der Waals surface area (Å²) in [6.07, 6.45) is 9.10. The highest BCUT2D eigenvalue weighted by Crippen LogP contribution is 2.36. The van der Waals surface area contributed by atoms with Crippen molar-refractivity contribution in [3.8, 4) is 0 Å². The predicted octanol–water partition coefficient (Wildman–Crippen LogP) is 5.11. The van der Waals surface area contributed by atoms with E-state index in [0.29, 0.717) is 11.3 Å². The quantitative estimate of drug-likeness (QED) is 0.511. The molecule has 1 fully saturated rings. The summed E-state index contributed by atoms with van der Waals surface area (Å²) in [5.41, 5.74) is 1.60. The van der Waals surface area contributed by atoms with E-state index in [4.69, 9.17) is 11.6 Å². The average molecular weight is 329 g/mol. The first-order valence-corrected chi connectivity index (χ1v) is 9.61. The minimum atomic E-state index is 0.539. The van der Waals surface area contributed by atoms with Crippen LogP contribution < -0.4 is 0 Å². The van der Waals surface area contributed by atoms with Gasteiger partial charge in [0.15, 0.2) is 0 Å². The smallest absolute Gasteiger partial charge is 0.0928 e. The highest BCUT2D eigenvalue weighted by Gasteiger charge is 2.28. The van der Waals surface area contributed by atoms with Crippen molar-refractivity contribution in [1.82, 2.24) is 9.88 Å². The molecular formula is C17H29ClN2S. The number of rotatable bonds is 7. The SMILES string of the molecule is CN(CCCCc1nc(CCl)cs1)C1CCC(C)(C)CC1. The molecule has 0 spiro atoms. The molecule has 1 saturated carbocycles. The van der Waals surface area contributed by atoms with Gasteiger partial charge in [0.25, 0.3) is 0 Å². The summed E-state index contributed by atoms with van der Waals surface area (Å²) in [5, 5.41) is 3.32. The second kappa shape index (κ2) is 7.94. The Balaban J connectivity index is 1.62. The van der Waals surface area contributed by atoms with Crippen LogP contribution in [0.3, 0.4) is 0 Å². The van der Waals surface area contributed by atoms with Crippen LogP contribution >= 0.6 is 22.9 Å². The molecule has 4 heteroatoms. The zero-order valence-corrected chi connectivity index (χ0v) is 15.3. The van der Waals surface area contributed by atoms with E-state index in [1.165, 1.54) is 50.1 Å². The van der Waals surface area contributed by atoms with Crippen molar-refractivity contribution in [2.45, 2.75) is 70.7 Å². The van der Waals surface area contributed by atoms with Crippen molar-refractivity contribution in [1.29, 1.82) is 0 Å². The fourth-order valence-corrected chi connectivity index (χ4v) is 4.24. The van der Waals surface area contributed by atoms with E-state index >= 15 is 0 Å². The van der Waals surface area contributed by atoms with Crippen molar-refractivity contribution >= 4 is 22.9 Å². The molecule has 2 nitrogen and oxygen atoms in total. The summed E-state index contributed by atoms with van der Waals surface area (Å²) < 4.78 is 0. The van der Waals surface area contributed by atoms with E-state index in [2.05, 4.69) is 36.2 Å². The average Bonchev–Trinajstić information content (AvgIpc) is 2.91. The number of halogens is 1. The molecule has 1 heterocycles. The van der Waals surface area contributed by atoms with E-state index in [9.17, 15) is 0 Å². The van der Waals surface area contributed by atoms with Gasteiger partial charge >= 0.3 is 0 Å². The van der Waals surface area contributed by atoms with Crippen LogP contribution in [-0.4, -0.2) is 29.5 Å². The third kappa shape index (κ3) is 5.54. The largest absolute Gasteiger partial charge is 0.303 e. The van der Waals surface area contributed by atoms with Crippen LogP contribution in [-0.2, 0) is 12.3 Å². The number of alkyl halides is 1. The summed E-state index contributed by atoms with van der Waals surface area (Å²) in [4.78, 5) is 7.11. The van der Waals surface area contributed by atoms with Gasteiger partial charge < -0.3 is 4.90 Å². The van der Waals surface area contributed by atoms with Gasteiger partial charge in [0, 0.05) is 11.4 Å². The molecule has 0 aromatic carbocycles. The Morgan fingerprint density at radius 3 is 2.67 bits per heavy atom. The van der Waals surface area contributed by atoms with Crippen LogP contribution in [0.1, 0.15) is 63.1 Å². The highest BCUT2D eigenvalue weighted by atomic mass is 35.5. The number of hydrogen-bond acceptors (Lipinski definition) is 3. The lowest BCUT2D eigenvalue weighted by atomic mass is 9.75. The first-order chi connectivity index (χ1) is 10.00. The van der Waals surface area contributed by atoms with E-state index in [1.807, 2.05) is 0 Å². The minimum absolute atomic E-state index is 0.539. The van der Waals surface area contributed by atoms with Crippen LogP contribution in [0.2, 0.25) is 0 Å². The summed E-state index contributed by atoms with van der Waals surface area (Å²) in [7, 11) is 2.30. The lowest BCUT2D eigenvalue weighted by Crippen LogP contribution is -2.37. The number of unbranched alkanes of at least 4 members (excludes halogenated alkanes) is 1. The molecule has 0 bridgehead atoms. The van der Waals surface area contributed by atoms with Crippen molar-refractivity contribution in [3.63, 3.8) is 0 Å². The fourth-order valence-electron chi connectivity index (χ4n) is 3.17. The van der Waals surface area contributed by atoms with Crippen LogP contribution in [0, 0.1) is 5.41 Å². The molecule has 1 aromatic heterocycles. The number of aromatic nitrogens is 1. The van der Waals surface area contributed by atoms with E-state index < -0.39 is 0 Å². The number of thiazole rings is 1.